The second kappa shape index (κ2) is 8.13. The van der Waals surface area contributed by atoms with Gasteiger partial charge in [-0.15, -0.1) is 0 Å². The van der Waals surface area contributed by atoms with Crippen LogP contribution in [0, 0.1) is 32.1 Å². The van der Waals surface area contributed by atoms with Crippen LogP contribution in [-0.2, 0) is 11.2 Å². The predicted molar refractivity (Wildman–Crippen MR) is 101 cm³/mol. The third-order valence-electron chi connectivity index (χ3n) is 3.84. The molecule has 0 bridgehead atoms. The molecule has 2 aromatic rings. The highest BCUT2D eigenvalue weighted by Crippen LogP contribution is 2.27. The van der Waals surface area contributed by atoms with Crippen molar-refractivity contribution in [3.63, 3.8) is 0 Å². The largest absolute Gasteiger partial charge is 0.325 e. The molecule has 2 rings (SSSR count). The van der Waals surface area contributed by atoms with E-state index in [9.17, 15) is 10.1 Å². The Hall–Kier alpha value is -2.39. The minimum absolute atomic E-state index is 0.114. The number of hydrogen-bond donors (Lipinski definition) is 1. The summed E-state index contributed by atoms with van der Waals surface area (Å²) < 4.78 is 0. The highest BCUT2D eigenvalue weighted by atomic mass is 32.2. The van der Waals surface area contributed by atoms with E-state index in [1.165, 1.54) is 11.8 Å². The summed E-state index contributed by atoms with van der Waals surface area (Å²) in [6.45, 7) is 9.52. The third-order valence-corrected chi connectivity index (χ3v) is 4.93. The van der Waals surface area contributed by atoms with Gasteiger partial charge in [0.15, 0.2) is 0 Å². The summed E-state index contributed by atoms with van der Waals surface area (Å²) in [6.07, 6.45) is 0.684. The van der Waals surface area contributed by atoms with Gasteiger partial charge < -0.3 is 5.32 Å². The number of aryl methyl sites for hydroxylation is 4. The Bertz CT molecular complexity index is 842. The van der Waals surface area contributed by atoms with E-state index >= 15 is 0 Å². The zero-order valence-electron chi connectivity index (χ0n) is 15.2. The number of carbonyl (C=O) groups is 1. The Kier molecular flexibility index (Phi) is 6.16. The summed E-state index contributed by atoms with van der Waals surface area (Å²) in [7, 11) is 0. The molecule has 0 saturated carbocycles. The molecule has 5 nitrogen and oxygen atoms in total. The molecule has 0 spiro atoms. The van der Waals surface area contributed by atoms with Gasteiger partial charge in [0, 0.05) is 12.1 Å². The van der Waals surface area contributed by atoms with E-state index in [2.05, 4.69) is 21.4 Å². The van der Waals surface area contributed by atoms with Gasteiger partial charge in [-0.25, -0.2) is 9.97 Å². The van der Waals surface area contributed by atoms with Crippen molar-refractivity contribution in [2.75, 3.05) is 5.32 Å². The van der Waals surface area contributed by atoms with Crippen LogP contribution >= 0.6 is 11.8 Å². The Morgan fingerprint density at radius 1 is 1.32 bits per heavy atom. The molecule has 6 heteroatoms. The van der Waals surface area contributed by atoms with Gasteiger partial charge >= 0.3 is 0 Å². The first-order chi connectivity index (χ1) is 11.8. The number of anilines is 1. The van der Waals surface area contributed by atoms with Crippen LogP contribution in [0.4, 0.5) is 5.69 Å². The van der Waals surface area contributed by atoms with E-state index in [1.54, 1.807) is 6.92 Å². The predicted octanol–water partition coefficient (Wildman–Crippen LogP) is 3.96. The number of carbonyl (C=O) groups excluding carboxylic acids is 1. The molecule has 1 N–H and O–H groups in total. The Morgan fingerprint density at radius 2 is 2.04 bits per heavy atom. The van der Waals surface area contributed by atoms with Crippen molar-refractivity contribution in [1.29, 1.82) is 5.26 Å². The molecule has 0 aliphatic rings. The highest BCUT2D eigenvalue weighted by molar-refractivity contribution is 8.00. The summed E-state index contributed by atoms with van der Waals surface area (Å²) in [5.41, 5.74) is 4.01. The van der Waals surface area contributed by atoms with Gasteiger partial charge in [-0.3, -0.25) is 4.79 Å². The lowest BCUT2D eigenvalue weighted by molar-refractivity contribution is -0.115. The molecule has 1 aromatic carbocycles. The van der Waals surface area contributed by atoms with Crippen molar-refractivity contribution in [3.05, 3.63) is 46.4 Å². The second-order valence-electron chi connectivity index (χ2n) is 5.94. The lowest BCUT2D eigenvalue weighted by Crippen LogP contribution is -2.23. The number of benzene rings is 1. The van der Waals surface area contributed by atoms with E-state index in [-0.39, 0.29) is 11.2 Å². The lowest BCUT2D eigenvalue weighted by atomic mass is 10.1. The van der Waals surface area contributed by atoms with Crippen LogP contribution in [0.15, 0.2) is 23.2 Å². The summed E-state index contributed by atoms with van der Waals surface area (Å²) in [6, 6.07) is 8.10. The molecule has 0 radical (unpaired) electrons. The van der Waals surface area contributed by atoms with Crippen molar-refractivity contribution in [2.24, 2.45) is 0 Å². The van der Waals surface area contributed by atoms with E-state index in [1.807, 2.05) is 45.9 Å². The molecular formula is C19H22N4OS. The molecule has 130 valence electrons. The zero-order valence-corrected chi connectivity index (χ0v) is 16.0. The van der Waals surface area contributed by atoms with Crippen molar-refractivity contribution in [2.45, 2.75) is 51.3 Å². The maximum atomic E-state index is 12.6. The molecule has 1 amide bonds. The molecule has 0 unspecified atom stereocenters. The first-order valence-electron chi connectivity index (χ1n) is 8.18. The molecule has 1 aromatic heterocycles. The van der Waals surface area contributed by atoms with Crippen LogP contribution in [0.3, 0.4) is 0 Å². The number of nitrogens with one attached hydrogen (secondary N) is 1. The summed E-state index contributed by atoms with van der Waals surface area (Å²) in [4.78, 5) is 21.3. The minimum Gasteiger partial charge on any atom is -0.325 e. The molecular weight excluding hydrogens is 332 g/mol. The molecule has 0 aliphatic heterocycles. The van der Waals surface area contributed by atoms with Gasteiger partial charge in [0.25, 0.3) is 0 Å². The number of nitrogens with zero attached hydrogens (tertiary/aromatic N) is 3. The lowest BCUT2D eigenvalue weighted by Gasteiger charge is -2.15. The van der Waals surface area contributed by atoms with Gasteiger partial charge in [-0.1, -0.05) is 30.8 Å². The second-order valence-corrected chi connectivity index (χ2v) is 7.27. The zero-order chi connectivity index (χ0) is 18.6. The van der Waals surface area contributed by atoms with Crippen LogP contribution in [-0.4, -0.2) is 21.1 Å². The van der Waals surface area contributed by atoms with Gasteiger partial charge in [-0.05, 0) is 44.9 Å². The molecule has 0 saturated heterocycles. The van der Waals surface area contributed by atoms with E-state index in [4.69, 9.17) is 0 Å². The quantitative estimate of drug-likeness (QED) is 0.649. The number of rotatable bonds is 5. The fourth-order valence-electron chi connectivity index (χ4n) is 2.30. The van der Waals surface area contributed by atoms with E-state index in [0.717, 1.165) is 16.8 Å². The number of amides is 1. The number of nitriles is 1. The summed E-state index contributed by atoms with van der Waals surface area (Å²) >= 11 is 1.29. The third kappa shape index (κ3) is 4.58. The van der Waals surface area contributed by atoms with Crippen LogP contribution in [0.2, 0.25) is 0 Å². The van der Waals surface area contributed by atoms with Crippen LogP contribution < -0.4 is 5.32 Å². The van der Waals surface area contributed by atoms with E-state index in [0.29, 0.717) is 28.5 Å². The number of hydrogen-bond acceptors (Lipinski definition) is 5. The Balaban J connectivity index is 2.20. The van der Waals surface area contributed by atoms with Crippen molar-refractivity contribution in [1.82, 2.24) is 9.97 Å². The number of thioether (sulfide) groups is 1. The topological polar surface area (TPSA) is 78.7 Å². The fourth-order valence-corrected chi connectivity index (χ4v) is 3.27. The highest BCUT2D eigenvalue weighted by Gasteiger charge is 2.20. The average Bonchev–Trinajstić information content (AvgIpc) is 2.57. The molecule has 0 fully saturated rings. The first-order valence-corrected chi connectivity index (χ1v) is 9.06. The minimum atomic E-state index is -0.383. The fraction of sp³-hybridized carbons (Fsp3) is 0.368. The maximum Gasteiger partial charge on any atom is 0.237 e. The molecule has 0 aliphatic carbocycles. The smallest absolute Gasteiger partial charge is 0.237 e. The average molecular weight is 354 g/mol. The first kappa shape index (κ1) is 18.9. The summed E-state index contributed by atoms with van der Waals surface area (Å²) in [5, 5.41) is 12.5. The van der Waals surface area contributed by atoms with Gasteiger partial charge in [-0.2, -0.15) is 5.26 Å². The maximum absolute atomic E-state index is 12.6. The Morgan fingerprint density at radius 3 is 2.68 bits per heavy atom. The van der Waals surface area contributed by atoms with Crippen LogP contribution in [0.1, 0.15) is 42.1 Å². The number of aromatic nitrogens is 2. The van der Waals surface area contributed by atoms with Crippen molar-refractivity contribution in [3.8, 4) is 6.07 Å². The van der Waals surface area contributed by atoms with Crippen LogP contribution in [0.25, 0.3) is 0 Å². The van der Waals surface area contributed by atoms with Crippen LogP contribution in [0.5, 0.6) is 0 Å². The van der Waals surface area contributed by atoms with Crippen molar-refractivity contribution < 1.29 is 4.79 Å². The van der Waals surface area contributed by atoms with Gasteiger partial charge in [0.05, 0.1) is 10.9 Å². The normalized spacial score (nSPS) is 11.7. The standard InChI is InChI=1S/C19H22N4OS/c1-6-17-21-13(4)15(10-20)19(23-17)25-14(5)18(24)22-16-9-11(2)7-8-12(16)3/h7-9,14H,6H2,1-5H3,(H,22,24)/t14-/m0/s1. The van der Waals surface area contributed by atoms with Crippen molar-refractivity contribution >= 4 is 23.4 Å². The molecule has 25 heavy (non-hydrogen) atoms. The summed E-state index contributed by atoms with van der Waals surface area (Å²) in [5.74, 6) is 0.568. The van der Waals surface area contributed by atoms with E-state index < -0.39 is 0 Å². The molecule has 1 atom stereocenters. The Labute approximate surface area is 152 Å². The molecule has 1 heterocycles. The SMILES string of the molecule is CCc1nc(C)c(C#N)c(S[C@@H](C)C(=O)Nc2cc(C)ccc2C)n1. The monoisotopic (exact) mass is 354 g/mol. The van der Waals surface area contributed by atoms with Gasteiger partial charge in [0.1, 0.15) is 22.5 Å². The van der Waals surface area contributed by atoms with Gasteiger partial charge in [0.2, 0.25) is 5.91 Å².